The average Bonchev–Trinajstić information content (AvgIpc) is 3.11. The van der Waals surface area contributed by atoms with Gasteiger partial charge < -0.3 is 19.3 Å². The first-order valence-electron chi connectivity index (χ1n) is 8.79. The number of fused-ring (bicyclic) bond motifs is 1. The number of benzene rings is 1. The predicted molar refractivity (Wildman–Crippen MR) is 102 cm³/mol. The van der Waals surface area contributed by atoms with Gasteiger partial charge in [0.25, 0.3) is 0 Å². The third kappa shape index (κ3) is 4.05. The molecular weight excluding hydrogens is 336 g/mol. The number of aliphatic hydroxyl groups is 1. The number of methoxy groups -OCH3 is 2. The summed E-state index contributed by atoms with van der Waals surface area (Å²) in [6.45, 7) is 0.800. The molecule has 1 heterocycles. The molecule has 0 atom stereocenters. The molecule has 3 rings (SSSR count). The molecule has 136 valence electrons. The van der Waals surface area contributed by atoms with Crippen molar-refractivity contribution in [3.05, 3.63) is 33.6 Å². The molecule has 0 bridgehead atoms. The van der Waals surface area contributed by atoms with Gasteiger partial charge in [-0.25, -0.2) is 0 Å². The molecule has 2 aliphatic rings. The van der Waals surface area contributed by atoms with Gasteiger partial charge in [-0.15, -0.1) is 0 Å². The normalized spacial score (nSPS) is 17.6. The second kappa shape index (κ2) is 8.79. The third-order valence-electron chi connectivity index (χ3n) is 4.81. The first kappa shape index (κ1) is 18.4. The molecule has 4 nitrogen and oxygen atoms in total. The second-order valence-corrected chi connectivity index (χ2v) is 7.29. The van der Waals surface area contributed by atoms with E-state index in [0.717, 1.165) is 26.8 Å². The molecule has 5 heteroatoms. The molecular formula is C20H26O4S. The zero-order chi connectivity index (χ0) is 17.6. The number of hydrogen-bond donors (Lipinski definition) is 1. The SMILES string of the molecule is COc1ccc2c(c1OC)=C(COCCO)SC=C(C1CCCC1)C=2. The lowest BCUT2D eigenvalue weighted by molar-refractivity contribution is 0.116. The van der Waals surface area contributed by atoms with Crippen LogP contribution >= 0.6 is 11.8 Å². The summed E-state index contributed by atoms with van der Waals surface area (Å²) in [6.07, 6.45) is 7.45. The molecule has 0 spiro atoms. The summed E-state index contributed by atoms with van der Waals surface area (Å²) in [6, 6.07) is 4.06. The second-order valence-electron chi connectivity index (χ2n) is 6.33. The van der Waals surface area contributed by atoms with E-state index in [4.69, 9.17) is 19.3 Å². The highest BCUT2D eigenvalue weighted by Gasteiger charge is 2.20. The Morgan fingerprint density at radius 2 is 1.96 bits per heavy atom. The number of ether oxygens (including phenoxy) is 3. The Balaban J connectivity index is 2.11. The van der Waals surface area contributed by atoms with Gasteiger partial charge in [0.05, 0.1) is 34.0 Å². The molecule has 0 saturated heterocycles. The van der Waals surface area contributed by atoms with Gasteiger partial charge in [0.1, 0.15) is 0 Å². The molecule has 1 aliphatic carbocycles. The van der Waals surface area contributed by atoms with E-state index in [2.05, 4.69) is 17.6 Å². The molecule has 1 N–H and O–H groups in total. The van der Waals surface area contributed by atoms with Gasteiger partial charge in [-0.2, -0.15) is 0 Å². The molecule has 0 amide bonds. The van der Waals surface area contributed by atoms with E-state index in [1.165, 1.54) is 31.3 Å². The molecule has 0 unspecified atom stereocenters. The van der Waals surface area contributed by atoms with Crippen molar-refractivity contribution < 1.29 is 19.3 Å². The monoisotopic (exact) mass is 362 g/mol. The third-order valence-corrected chi connectivity index (χ3v) is 5.81. The van der Waals surface area contributed by atoms with Gasteiger partial charge in [-0.05, 0) is 41.0 Å². The van der Waals surface area contributed by atoms with Crippen LogP contribution in [-0.2, 0) is 4.74 Å². The molecule has 25 heavy (non-hydrogen) atoms. The van der Waals surface area contributed by atoms with Crippen LogP contribution in [0.3, 0.4) is 0 Å². The Hall–Kier alpha value is -1.43. The standard InChI is InChI=1S/C20H26O4S/c1-22-17-8-7-15-11-16(14-5-3-4-6-14)13-25-18(12-24-10-9-21)19(15)20(17)23-2/h7-8,11,13-14,21H,3-6,9-10,12H2,1-2H3. The lowest BCUT2D eigenvalue weighted by atomic mass is 9.97. The van der Waals surface area contributed by atoms with Crippen molar-refractivity contribution in [1.29, 1.82) is 0 Å². The topological polar surface area (TPSA) is 47.9 Å². The van der Waals surface area contributed by atoms with Crippen molar-refractivity contribution in [3.63, 3.8) is 0 Å². The van der Waals surface area contributed by atoms with Crippen LogP contribution < -0.4 is 19.9 Å². The fourth-order valence-electron chi connectivity index (χ4n) is 3.57. The zero-order valence-electron chi connectivity index (χ0n) is 14.9. The fraction of sp³-hybridized carbons (Fsp3) is 0.500. The molecule has 1 aromatic carbocycles. The van der Waals surface area contributed by atoms with Gasteiger partial charge >= 0.3 is 0 Å². The first-order valence-corrected chi connectivity index (χ1v) is 9.67. The Labute approximate surface area is 153 Å². The number of allylic oxidation sites excluding steroid dienone is 1. The summed E-state index contributed by atoms with van der Waals surface area (Å²) in [5.41, 5.74) is 1.40. The lowest BCUT2D eigenvalue weighted by Crippen LogP contribution is -2.29. The number of thioether (sulfide) groups is 1. The van der Waals surface area contributed by atoms with Crippen molar-refractivity contribution in [2.24, 2.45) is 5.92 Å². The van der Waals surface area contributed by atoms with E-state index in [1.807, 2.05) is 6.07 Å². The Morgan fingerprint density at radius 3 is 2.64 bits per heavy atom. The minimum atomic E-state index is 0.0232. The average molecular weight is 362 g/mol. The molecule has 1 aromatic rings. The minimum Gasteiger partial charge on any atom is -0.493 e. The van der Waals surface area contributed by atoms with E-state index in [0.29, 0.717) is 19.1 Å². The van der Waals surface area contributed by atoms with Crippen LogP contribution in [0, 0.1) is 5.92 Å². The summed E-state index contributed by atoms with van der Waals surface area (Å²) in [5, 5.41) is 13.5. The summed E-state index contributed by atoms with van der Waals surface area (Å²) in [7, 11) is 3.33. The van der Waals surface area contributed by atoms with Crippen molar-refractivity contribution in [2.75, 3.05) is 34.0 Å². The van der Waals surface area contributed by atoms with E-state index in [1.54, 1.807) is 26.0 Å². The summed E-state index contributed by atoms with van der Waals surface area (Å²) < 4.78 is 16.8. The van der Waals surface area contributed by atoms with Gasteiger partial charge in [-0.3, -0.25) is 0 Å². The highest BCUT2D eigenvalue weighted by molar-refractivity contribution is 8.10. The Bertz CT molecular complexity index is 748. The van der Waals surface area contributed by atoms with Crippen molar-refractivity contribution in [2.45, 2.75) is 25.7 Å². The zero-order valence-corrected chi connectivity index (χ0v) is 15.7. The van der Waals surface area contributed by atoms with Gasteiger partial charge in [0.2, 0.25) is 0 Å². The van der Waals surface area contributed by atoms with Crippen LogP contribution in [0.4, 0.5) is 0 Å². The summed E-state index contributed by atoms with van der Waals surface area (Å²) in [5.74, 6) is 2.11. The van der Waals surface area contributed by atoms with Gasteiger partial charge in [-0.1, -0.05) is 36.7 Å². The predicted octanol–water partition coefficient (Wildman–Crippen LogP) is 2.42. The van der Waals surface area contributed by atoms with Crippen LogP contribution in [0.25, 0.3) is 11.0 Å². The van der Waals surface area contributed by atoms with Crippen molar-refractivity contribution in [3.8, 4) is 11.5 Å². The van der Waals surface area contributed by atoms with Gasteiger partial charge in [0, 0.05) is 10.1 Å². The van der Waals surface area contributed by atoms with Crippen molar-refractivity contribution >= 4 is 22.7 Å². The fourth-order valence-corrected chi connectivity index (χ4v) is 4.59. The Kier molecular flexibility index (Phi) is 6.45. The van der Waals surface area contributed by atoms with E-state index in [9.17, 15) is 0 Å². The molecule has 0 radical (unpaired) electrons. The van der Waals surface area contributed by atoms with Crippen LogP contribution in [0.1, 0.15) is 25.7 Å². The number of rotatable bonds is 7. The highest BCUT2D eigenvalue weighted by Crippen LogP contribution is 2.35. The maximum atomic E-state index is 9.01. The maximum absolute atomic E-state index is 9.01. The largest absolute Gasteiger partial charge is 0.493 e. The molecule has 1 aliphatic heterocycles. The van der Waals surface area contributed by atoms with Crippen LogP contribution in [-0.4, -0.2) is 39.1 Å². The minimum absolute atomic E-state index is 0.0232. The van der Waals surface area contributed by atoms with E-state index < -0.39 is 0 Å². The van der Waals surface area contributed by atoms with E-state index >= 15 is 0 Å². The highest BCUT2D eigenvalue weighted by atomic mass is 32.2. The number of aliphatic hydroxyl groups excluding tert-OH is 1. The quantitative estimate of drug-likeness (QED) is 0.755. The molecule has 1 fully saturated rings. The molecule has 1 saturated carbocycles. The Morgan fingerprint density at radius 1 is 1.16 bits per heavy atom. The smallest absolute Gasteiger partial charge is 0.169 e. The van der Waals surface area contributed by atoms with Crippen LogP contribution in [0.15, 0.2) is 23.1 Å². The van der Waals surface area contributed by atoms with Crippen molar-refractivity contribution in [1.82, 2.24) is 0 Å². The molecule has 0 aromatic heterocycles. The van der Waals surface area contributed by atoms with Crippen LogP contribution in [0.2, 0.25) is 0 Å². The maximum Gasteiger partial charge on any atom is 0.169 e. The van der Waals surface area contributed by atoms with Gasteiger partial charge in [0.15, 0.2) is 11.5 Å². The van der Waals surface area contributed by atoms with E-state index in [-0.39, 0.29) is 6.61 Å². The lowest BCUT2D eigenvalue weighted by Gasteiger charge is -2.11. The summed E-state index contributed by atoms with van der Waals surface area (Å²) in [4.78, 5) is 1.09. The van der Waals surface area contributed by atoms with Crippen LogP contribution in [0.5, 0.6) is 11.5 Å². The first-order chi connectivity index (χ1) is 12.3. The summed E-state index contributed by atoms with van der Waals surface area (Å²) >= 11 is 1.70. The number of hydrogen-bond acceptors (Lipinski definition) is 5.